The summed E-state index contributed by atoms with van der Waals surface area (Å²) in [6.07, 6.45) is 0. The van der Waals surface area contributed by atoms with E-state index in [-0.39, 0.29) is 17.9 Å². The van der Waals surface area contributed by atoms with Gasteiger partial charge in [0.1, 0.15) is 5.75 Å². The minimum atomic E-state index is -0.233. The fourth-order valence-electron chi connectivity index (χ4n) is 4.42. The first-order chi connectivity index (χ1) is 17.1. The van der Waals surface area contributed by atoms with Crippen molar-refractivity contribution in [2.24, 2.45) is 7.05 Å². The molecule has 1 atom stereocenters. The zero-order valence-electron chi connectivity index (χ0n) is 19.6. The van der Waals surface area contributed by atoms with Gasteiger partial charge >= 0.3 is 0 Å². The number of benzene rings is 3. The second kappa shape index (κ2) is 9.84. The summed E-state index contributed by atoms with van der Waals surface area (Å²) in [7, 11) is 3.46. The molecule has 2 amide bonds. The van der Waals surface area contributed by atoms with Crippen LogP contribution in [0.15, 0.2) is 72.8 Å². The third kappa shape index (κ3) is 4.49. The van der Waals surface area contributed by atoms with E-state index in [2.05, 4.69) is 10.4 Å². The van der Waals surface area contributed by atoms with Gasteiger partial charge < -0.3 is 15.0 Å². The van der Waals surface area contributed by atoms with Gasteiger partial charge in [-0.3, -0.25) is 14.3 Å². The van der Waals surface area contributed by atoms with Crippen molar-refractivity contribution in [1.82, 2.24) is 20.0 Å². The molecular weight excluding hydrogens is 460 g/mol. The van der Waals surface area contributed by atoms with Crippen molar-refractivity contribution in [3.63, 3.8) is 0 Å². The van der Waals surface area contributed by atoms with Crippen molar-refractivity contribution in [3.05, 3.63) is 84.1 Å². The fraction of sp³-hybridized carbons (Fsp3) is 0.222. The third-order valence-electron chi connectivity index (χ3n) is 6.25. The summed E-state index contributed by atoms with van der Waals surface area (Å²) in [5.41, 5.74) is 3.72. The van der Waals surface area contributed by atoms with Crippen LogP contribution in [0.1, 0.15) is 20.8 Å². The molecule has 7 nitrogen and oxygen atoms in total. The molecule has 1 fully saturated rings. The number of methoxy groups -OCH3 is 1. The summed E-state index contributed by atoms with van der Waals surface area (Å²) in [5, 5.41) is 8.22. The van der Waals surface area contributed by atoms with Crippen molar-refractivity contribution >= 4 is 34.5 Å². The highest BCUT2D eigenvalue weighted by molar-refractivity contribution is 7.99. The topological polar surface area (TPSA) is 76.5 Å². The molecule has 3 aromatic carbocycles. The molecule has 1 aliphatic rings. The number of hydrogen-bond donors (Lipinski definition) is 1. The van der Waals surface area contributed by atoms with Gasteiger partial charge in [-0.25, -0.2) is 0 Å². The number of ether oxygens (including phenoxy) is 1. The van der Waals surface area contributed by atoms with Gasteiger partial charge in [0.15, 0.2) is 5.69 Å². The zero-order valence-corrected chi connectivity index (χ0v) is 20.4. The number of rotatable bonds is 6. The minimum absolute atomic E-state index is 0.0454. The van der Waals surface area contributed by atoms with E-state index in [0.717, 1.165) is 33.5 Å². The van der Waals surface area contributed by atoms with Crippen LogP contribution in [-0.4, -0.2) is 57.8 Å². The maximum atomic E-state index is 13.7. The van der Waals surface area contributed by atoms with E-state index in [0.29, 0.717) is 23.7 Å². The number of amides is 2. The summed E-state index contributed by atoms with van der Waals surface area (Å²) >= 11 is 1.69. The Morgan fingerprint density at radius 3 is 2.74 bits per heavy atom. The lowest BCUT2D eigenvalue weighted by atomic mass is 9.98. The Kier molecular flexibility index (Phi) is 6.46. The Hall–Kier alpha value is -3.78. The van der Waals surface area contributed by atoms with E-state index >= 15 is 0 Å². The van der Waals surface area contributed by atoms with Crippen LogP contribution in [0.4, 0.5) is 0 Å². The molecule has 0 bridgehead atoms. The number of aromatic nitrogens is 2. The maximum absolute atomic E-state index is 13.7. The fourth-order valence-corrected chi connectivity index (χ4v) is 5.62. The van der Waals surface area contributed by atoms with Gasteiger partial charge in [-0.2, -0.15) is 5.10 Å². The molecule has 5 rings (SSSR count). The standard InChI is InChI=1S/C27H26N4O3S/c1-30-24-13-6-5-12-23(24)25(29-30)26(32)28-15-19-16-35-17-31(19)27(33)22-11-4-3-10-21(22)18-8-7-9-20(14-18)34-2/h3-14,19H,15-17H2,1-2H3,(H,28,32)/t19-/m1/s1. The summed E-state index contributed by atoms with van der Waals surface area (Å²) in [5.74, 6) is 1.80. The van der Waals surface area contributed by atoms with E-state index in [1.165, 1.54) is 0 Å². The van der Waals surface area contributed by atoms with E-state index in [4.69, 9.17) is 4.74 Å². The van der Waals surface area contributed by atoms with Gasteiger partial charge in [0.25, 0.3) is 11.8 Å². The lowest BCUT2D eigenvalue weighted by Crippen LogP contribution is -2.44. The highest BCUT2D eigenvalue weighted by Crippen LogP contribution is 2.30. The Morgan fingerprint density at radius 2 is 1.89 bits per heavy atom. The molecule has 178 valence electrons. The van der Waals surface area contributed by atoms with Crippen molar-refractivity contribution in [2.75, 3.05) is 25.3 Å². The van der Waals surface area contributed by atoms with Gasteiger partial charge in [0, 0.05) is 30.3 Å². The predicted molar refractivity (Wildman–Crippen MR) is 139 cm³/mol. The van der Waals surface area contributed by atoms with Gasteiger partial charge in [-0.05, 0) is 35.4 Å². The highest BCUT2D eigenvalue weighted by atomic mass is 32.2. The lowest BCUT2D eigenvalue weighted by molar-refractivity contribution is 0.0736. The van der Waals surface area contributed by atoms with Gasteiger partial charge in [0.05, 0.1) is 24.5 Å². The van der Waals surface area contributed by atoms with Crippen LogP contribution in [0.2, 0.25) is 0 Å². The third-order valence-corrected chi connectivity index (χ3v) is 7.33. The average molecular weight is 487 g/mol. The molecule has 35 heavy (non-hydrogen) atoms. The molecule has 0 radical (unpaired) electrons. The van der Waals surface area contributed by atoms with E-state index in [1.54, 1.807) is 23.6 Å². The van der Waals surface area contributed by atoms with Crippen LogP contribution in [-0.2, 0) is 7.05 Å². The Labute approximate surface area is 208 Å². The van der Waals surface area contributed by atoms with Gasteiger partial charge in [0.2, 0.25) is 0 Å². The number of aryl methyl sites for hydroxylation is 1. The summed E-state index contributed by atoms with van der Waals surface area (Å²) in [4.78, 5) is 28.5. The molecule has 8 heteroatoms. The van der Waals surface area contributed by atoms with Crippen LogP contribution >= 0.6 is 11.8 Å². The molecule has 1 saturated heterocycles. The molecule has 0 saturated carbocycles. The number of hydrogen-bond acceptors (Lipinski definition) is 5. The summed E-state index contributed by atoms with van der Waals surface area (Å²) in [6.45, 7) is 0.365. The smallest absolute Gasteiger partial charge is 0.272 e. The number of carbonyl (C=O) groups is 2. The van der Waals surface area contributed by atoms with Gasteiger partial charge in [-0.1, -0.05) is 48.5 Å². The highest BCUT2D eigenvalue weighted by Gasteiger charge is 2.31. The molecule has 1 N–H and O–H groups in total. The molecule has 1 aliphatic heterocycles. The largest absolute Gasteiger partial charge is 0.497 e. The average Bonchev–Trinajstić information content (AvgIpc) is 3.51. The summed E-state index contributed by atoms with van der Waals surface area (Å²) in [6, 6.07) is 22.9. The number of carbonyl (C=O) groups excluding carboxylic acids is 2. The molecule has 0 unspecified atom stereocenters. The SMILES string of the molecule is COc1cccc(-c2ccccc2C(=O)N2CSC[C@H]2CNC(=O)c2nn(C)c3ccccc23)c1. The zero-order chi connectivity index (χ0) is 24.4. The Morgan fingerprint density at radius 1 is 1.09 bits per heavy atom. The normalized spacial score (nSPS) is 15.4. The number of fused-ring (bicyclic) bond motifs is 1. The van der Waals surface area contributed by atoms with E-state index in [1.807, 2.05) is 84.7 Å². The first kappa shape index (κ1) is 23.0. The number of nitrogens with zero attached hydrogens (tertiary/aromatic N) is 3. The number of nitrogens with one attached hydrogen (secondary N) is 1. The Bertz CT molecular complexity index is 1400. The molecule has 2 heterocycles. The van der Waals surface area contributed by atoms with E-state index in [9.17, 15) is 9.59 Å². The second-order valence-electron chi connectivity index (χ2n) is 8.41. The van der Waals surface area contributed by atoms with Crippen LogP contribution in [0.3, 0.4) is 0 Å². The minimum Gasteiger partial charge on any atom is -0.497 e. The first-order valence-electron chi connectivity index (χ1n) is 11.4. The van der Waals surface area contributed by atoms with Crippen LogP contribution in [0.5, 0.6) is 5.75 Å². The van der Waals surface area contributed by atoms with Crippen molar-refractivity contribution in [3.8, 4) is 16.9 Å². The quantitative estimate of drug-likeness (QED) is 0.442. The van der Waals surface area contributed by atoms with Crippen LogP contribution in [0.25, 0.3) is 22.0 Å². The van der Waals surface area contributed by atoms with Gasteiger partial charge in [-0.15, -0.1) is 11.8 Å². The summed E-state index contributed by atoms with van der Waals surface area (Å²) < 4.78 is 7.08. The van der Waals surface area contributed by atoms with E-state index < -0.39 is 0 Å². The molecule has 1 aromatic heterocycles. The maximum Gasteiger partial charge on any atom is 0.272 e. The van der Waals surface area contributed by atoms with Crippen molar-refractivity contribution < 1.29 is 14.3 Å². The van der Waals surface area contributed by atoms with Crippen molar-refractivity contribution in [1.29, 1.82) is 0 Å². The Balaban J connectivity index is 1.34. The lowest BCUT2D eigenvalue weighted by Gasteiger charge is -2.25. The molecular formula is C27H26N4O3S. The number of para-hydroxylation sites is 1. The van der Waals surface area contributed by atoms with Crippen molar-refractivity contribution in [2.45, 2.75) is 6.04 Å². The second-order valence-corrected chi connectivity index (χ2v) is 9.41. The predicted octanol–water partition coefficient (Wildman–Crippen LogP) is 4.19. The monoisotopic (exact) mass is 486 g/mol. The molecule has 0 spiro atoms. The molecule has 4 aromatic rings. The molecule has 0 aliphatic carbocycles. The van der Waals surface area contributed by atoms with Crippen LogP contribution in [0, 0.1) is 0 Å². The number of thioether (sulfide) groups is 1. The van der Waals surface area contributed by atoms with Crippen LogP contribution < -0.4 is 10.1 Å². The first-order valence-corrected chi connectivity index (χ1v) is 12.5.